The van der Waals surface area contributed by atoms with Gasteiger partial charge in [0.15, 0.2) is 8.32 Å². The highest BCUT2D eigenvalue weighted by molar-refractivity contribution is 6.74. The van der Waals surface area contributed by atoms with Crippen molar-refractivity contribution >= 4 is 8.32 Å². The molecule has 0 saturated carbocycles. The topological polar surface area (TPSA) is 36.9 Å². The molecule has 4 rings (SSSR count). The van der Waals surface area contributed by atoms with E-state index < -0.39 is 8.32 Å². The van der Waals surface area contributed by atoms with Crippen LogP contribution in [0.4, 0.5) is 0 Å². The molecule has 0 bridgehead atoms. The number of benzene rings is 3. The summed E-state index contributed by atoms with van der Waals surface area (Å²) < 4.78 is 26.6. The van der Waals surface area contributed by atoms with E-state index in [1.807, 2.05) is 54.6 Å². The van der Waals surface area contributed by atoms with E-state index in [-0.39, 0.29) is 29.3 Å². The first-order chi connectivity index (χ1) is 18.7. The Hall–Kier alpha value is -2.54. The van der Waals surface area contributed by atoms with E-state index in [9.17, 15) is 0 Å². The van der Waals surface area contributed by atoms with Gasteiger partial charge in [-0.2, -0.15) is 0 Å². The van der Waals surface area contributed by atoms with E-state index in [0.717, 1.165) is 16.7 Å². The number of hydrogen-bond donors (Lipinski definition) is 0. The minimum atomic E-state index is -2.07. The first kappa shape index (κ1) is 29.4. The monoisotopic (exact) mass is 544 g/mol. The van der Waals surface area contributed by atoms with Crippen molar-refractivity contribution in [2.45, 2.75) is 77.0 Å². The van der Waals surface area contributed by atoms with Gasteiger partial charge in [-0.25, -0.2) is 0 Å². The summed E-state index contributed by atoms with van der Waals surface area (Å²) in [5, 5.41) is 0.0842. The molecule has 39 heavy (non-hydrogen) atoms. The molecule has 0 N–H and O–H groups in total. The van der Waals surface area contributed by atoms with Crippen LogP contribution in [0.15, 0.2) is 103 Å². The second-order valence-corrected chi connectivity index (χ2v) is 16.7. The van der Waals surface area contributed by atoms with Gasteiger partial charge in [0.1, 0.15) is 6.10 Å². The Balaban J connectivity index is 1.58. The van der Waals surface area contributed by atoms with Gasteiger partial charge in [0.25, 0.3) is 0 Å². The van der Waals surface area contributed by atoms with Crippen molar-refractivity contribution < 1.29 is 18.6 Å². The average Bonchev–Trinajstić information content (AvgIpc) is 2.93. The molecule has 0 unspecified atom stereocenters. The van der Waals surface area contributed by atoms with Crippen LogP contribution < -0.4 is 0 Å². The van der Waals surface area contributed by atoms with Crippen LogP contribution in [0, 0.1) is 5.92 Å². The largest absolute Gasteiger partial charge is 0.408 e. The van der Waals surface area contributed by atoms with Crippen molar-refractivity contribution in [2.75, 3.05) is 6.61 Å². The Morgan fingerprint density at radius 3 is 1.56 bits per heavy atom. The molecule has 4 nitrogen and oxygen atoms in total. The summed E-state index contributed by atoms with van der Waals surface area (Å²) >= 11 is 0. The van der Waals surface area contributed by atoms with Crippen LogP contribution in [0.1, 0.15) is 37.5 Å². The lowest BCUT2D eigenvalue weighted by atomic mass is 9.88. The summed E-state index contributed by atoms with van der Waals surface area (Å²) in [6.45, 7) is 13.5. The van der Waals surface area contributed by atoms with E-state index >= 15 is 0 Å². The Morgan fingerprint density at radius 2 is 1.08 bits per heavy atom. The van der Waals surface area contributed by atoms with E-state index in [1.165, 1.54) is 0 Å². The Kier molecular flexibility index (Phi) is 10.3. The SMILES string of the molecule is CC(C)(C)[Si](C)(C)O[C@H]1C=C[C@H](COCc2ccccc2)[C@@H](OCc2ccccc2)[C@@H]1OCc1ccccc1. The van der Waals surface area contributed by atoms with Crippen molar-refractivity contribution in [3.05, 3.63) is 120 Å². The molecule has 3 aromatic carbocycles. The first-order valence-corrected chi connectivity index (χ1v) is 16.9. The molecule has 0 spiro atoms. The molecule has 0 amide bonds. The molecular formula is C34H44O4Si. The fourth-order valence-electron chi connectivity index (χ4n) is 4.50. The molecule has 1 aliphatic carbocycles. The number of hydrogen-bond acceptors (Lipinski definition) is 4. The lowest BCUT2D eigenvalue weighted by Crippen LogP contribution is -2.54. The first-order valence-electron chi connectivity index (χ1n) is 14.0. The highest BCUT2D eigenvalue weighted by Crippen LogP contribution is 2.40. The van der Waals surface area contributed by atoms with Crippen LogP contribution >= 0.6 is 0 Å². The number of ether oxygens (including phenoxy) is 3. The van der Waals surface area contributed by atoms with Gasteiger partial charge in [-0.3, -0.25) is 0 Å². The normalized spacial score (nSPS) is 21.7. The summed E-state index contributed by atoms with van der Waals surface area (Å²) in [6.07, 6.45) is 3.74. The van der Waals surface area contributed by atoms with Crippen molar-refractivity contribution in [3.8, 4) is 0 Å². The molecule has 1 aliphatic rings. The molecule has 0 aromatic heterocycles. The van der Waals surface area contributed by atoms with Crippen molar-refractivity contribution in [2.24, 2.45) is 5.92 Å². The minimum Gasteiger partial charge on any atom is -0.408 e. The van der Waals surface area contributed by atoms with E-state index in [4.69, 9.17) is 18.6 Å². The van der Waals surface area contributed by atoms with Crippen LogP contribution in [0.25, 0.3) is 0 Å². The van der Waals surface area contributed by atoms with Gasteiger partial charge in [-0.05, 0) is 34.8 Å². The molecule has 0 saturated heterocycles. The molecule has 3 aromatic rings. The molecular weight excluding hydrogens is 500 g/mol. The quantitative estimate of drug-likeness (QED) is 0.171. The van der Waals surface area contributed by atoms with E-state index in [0.29, 0.717) is 26.4 Å². The maximum atomic E-state index is 6.95. The van der Waals surface area contributed by atoms with Gasteiger partial charge >= 0.3 is 0 Å². The average molecular weight is 545 g/mol. The minimum absolute atomic E-state index is 0.0393. The van der Waals surface area contributed by atoms with Crippen LogP contribution in [0.3, 0.4) is 0 Å². The summed E-state index contributed by atoms with van der Waals surface area (Å²) in [4.78, 5) is 0. The lowest BCUT2D eigenvalue weighted by molar-refractivity contribution is -0.145. The Labute approximate surface area is 236 Å². The summed E-state index contributed by atoms with van der Waals surface area (Å²) in [5.74, 6) is 0.0393. The molecule has 0 heterocycles. The van der Waals surface area contributed by atoms with Gasteiger partial charge in [0.2, 0.25) is 0 Å². The molecule has 4 atom stereocenters. The van der Waals surface area contributed by atoms with Crippen LogP contribution in [0.5, 0.6) is 0 Å². The van der Waals surface area contributed by atoms with Gasteiger partial charge in [-0.15, -0.1) is 0 Å². The van der Waals surface area contributed by atoms with Crippen molar-refractivity contribution in [3.63, 3.8) is 0 Å². The zero-order valence-corrected chi connectivity index (χ0v) is 25.1. The zero-order valence-electron chi connectivity index (χ0n) is 24.1. The molecule has 0 radical (unpaired) electrons. The third-order valence-electron chi connectivity index (χ3n) is 7.85. The second-order valence-electron chi connectivity index (χ2n) is 11.9. The molecule has 208 valence electrons. The van der Waals surface area contributed by atoms with Crippen LogP contribution in [-0.4, -0.2) is 33.2 Å². The third-order valence-corrected chi connectivity index (χ3v) is 12.3. The van der Waals surface area contributed by atoms with E-state index in [1.54, 1.807) is 0 Å². The number of rotatable bonds is 12. The van der Waals surface area contributed by atoms with Gasteiger partial charge < -0.3 is 18.6 Å². The fourth-order valence-corrected chi connectivity index (χ4v) is 5.75. The summed E-state index contributed by atoms with van der Waals surface area (Å²) in [7, 11) is -2.07. The predicted octanol–water partition coefficient (Wildman–Crippen LogP) is 7.95. The van der Waals surface area contributed by atoms with Crippen molar-refractivity contribution in [1.82, 2.24) is 0 Å². The second kappa shape index (κ2) is 13.7. The smallest absolute Gasteiger partial charge is 0.193 e. The fraction of sp³-hybridized carbons (Fsp3) is 0.412. The molecule has 0 aliphatic heterocycles. The maximum absolute atomic E-state index is 6.95. The van der Waals surface area contributed by atoms with Gasteiger partial charge in [-0.1, -0.05) is 124 Å². The van der Waals surface area contributed by atoms with Gasteiger partial charge in [0.05, 0.1) is 38.6 Å². The zero-order chi connectivity index (χ0) is 27.7. The summed E-state index contributed by atoms with van der Waals surface area (Å²) in [5.41, 5.74) is 3.44. The highest BCUT2D eigenvalue weighted by atomic mass is 28.4. The third kappa shape index (κ3) is 8.47. The summed E-state index contributed by atoms with van der Waals surface area (Å²) in [6, 6.07) is 30.9. The van der Waals surface area contributed by atoms with Crippen LogP contribution in [-0.2, 0) is 38.5 Å². The standard InChI is InChI=1S/C34H44O4Si/c1-34(2,3)39(4,5)38-31-22-21-30(26-35-23-27-15-9-6-10-16-27)32(36-24-28-17-11-7-12-18-28)33(31)37-25-29-19-13-8-14-20-29/h6-22,30-33H,23-26H2,1-5H3/t30-,31+,32-,33-/m1/s1. The molecule has 0 fully saturated rings. The van der Waals surface area contributed by atoms with E-state index in [2.05, 4.69) is 82.4 Å². The molecule has 5 heteroatoms. The van der Waals surface area contributed by atoms with Crippen molar-refractivity contribution in [1.29, 1.82) is 0 Å². The lowest BCUT2D eigenvalue weighted by Gasteiger charge is -2.45. The Morgan fingerprint density at radius 1 is 0.615 bits per heavy atom. The Bertz CT molecular complexity index is 1140. The highest BCUT2D eigenvalue weighted by Gasteiger charge is 2.45. The maximum Gasteiger partial charge on any atom is 0.193 e. The predicted molar refractivity (Wildman–Crippen MR) is 161 cm³/mol. The van der Waals surface area contributed by atoms with Gasteiger partial charge in [0, 0.05) is 5.92 Å². The van der Waals surface area contributed by atoms with Crippen LogP contribution in [0.2, 0.25) is 18.1 Å².